The number of likely N-dealkylation sites (N-methyl/N-ethyl adjacent to an activating group) is 1. The van der Waals surface area contributed by atoms with Crippen LogP contribution < -0.4 is 0 Å². The van der Waals surface area contributed by atoms with Gasteiger partial charge in [0.25, 0.3) is 0 Å². The molecule has 2 heterocycles. The van der Waals surface area contributed by atoms with Crippen LogP contribution in [0.25, 0.3) is 0 Å². The lowest BCUT2D eigenvalue weighted by molar-refractivity contribution is 0.0412. The van der Waals surface area contributed by atoms with Crippen LogP contribution in [0, 0.1) is 6.92 Å². The number of nitrogens with zero attached hydrogens (tertiary/aromatic N) is 3. The molecule has 2 rings (SSSR count). The summed E-state index contributed by atoms with van der Waals surface area (Å²) in [6, 6.07) is 0.483. The van der Waals surface area contributed by atoms with E-state index >= 15 is 0 Å². The van der Waals surface area contributed by atoms with E-state index < -0.39 is 6.10 Å². The first-order valence-corrected chi connectivity index (χ1v) is 7.09. The molecule has 1 aromatic heterocycles. The van der Waals surface area contributed by atoms with Crippen molar-refractivity contribution in [2.24, 2.45) is 0 Å². The van der Waals surface area contributed by atoms with Crippen molar-refractivity contribution >= 4 is 0 Å². The van der Waals surface area contributed by atoms with Crippen molar-refractivity contribution < 1.29 is 14.3 Å². The fraction of sp³-hybridized carbons (Fsp3) is 0.786. The summed E-state index contributed by atoms with van der Waals surface area (Å²) >= 11 is 0. The highest BCUT2D eigenvalue weighted by atomic mass is 16.5. The predicted octanol–water partition coefficient (Wildman–Crippen LogP) is 0.496. The van der Waals surface area contributed by atoms with Gasteiger partial charge in [-0.2, -0.15) is 0 Å². The molecule has 1 aliphatic heterocycles. The van der Waals surface area contributed by atoms with Gasteiger partial charge in [-0.25, -0.2) is 4.98 Å². The Balaban J connectivity index is 1.77. The number of ether oxygens (including phenoxy) is 1. The number of aliphatic hydroxyl groups is 1. The van der Waals surface area contributed by atoms with Gasteiger partial charge in [0.15, 0.2) is 0 Å². The number of β-amino-alcohol motifs (C(OH)–C–C–N with tert-alkyl or cyclic N) is 1. The summed E-state index contributed by atoms with van der Waals surface area (Å²) < 4.78 is 10.5. The Morgan fingerprint density at radius 2 is 2.45 bits per heavy atom. The van der Waals surface area contributed by atoms with Gasteiger partial charge < -0.3 is 14.3 Å². The van der Waals surface area contributed by atoms with Crippen LogP contribution in [0.4, 0.5) is 0 Å². The molecule has 6 heteroatoms. The third-order valence-corrected chi connectivity index (χ3v) is 3.75. The summed E-state index contributed by atoms with van der Waals surface area (Å²) in [6.45, 7) is 5.69. The molecule has 0 spiro atoms. The maximum Gasteiger partial charge on any atom is 0.208 e. The van der Waals surface area contributed by atoms with E-state index in [0.717, 1.165) is 37.7 Å². The first-order chi connectivity index (χ1) is 9.58. The van der Waals surface area contributed by atoms with E-state index in [0.29, 0.717) is 19.2 Å². The first kappa shape index (κ1) is 15.4. The zero-order chi connectivity index (χ0) is 14.5. The standard InChI is InChI=1S/C14H25N3O3/c1-11-6-15-14(20-11)9-16(2)12-4-5-17(7-12)8-13(18)10-19-3/h6,12-13,18H,4-5,7-10H2,1-3H3/t12-,13+/m1/s1. The van der Waals surface area contributed by atoms with Crippen LogP contribution in [0.5, 0.6) is 0 Å². The number of aromatic nitrogens is 1. The van der Waals surface area contributed by atoms with Crippen LogP contribution in [-0.2, 0) is 11.3 Å². The number of hydrogen-bond acceptors (Lipinski definition) is 6. The van der Waals surface area contributed by atoms with E-state index in [1.807, 2.05) is 6.92 Å². The van der Waals surface area contributed by atoms with E-state index in [1.54, 1.807) is 13.3 Å². The Labute approximate surface area is 120 Å². The van der Waals surface area contributed by atoms with Crippen LogP contribution in [0.1, 0.15) is 18.1 Å². The van der Waals surface area contributed by atoms with Crippen molar-refractivity contribution in [2.45, 2.75) is 32.0 Å². The molecule has 2 atom stereocenters. The van der Waals surface area contributed by atoms with Gasteiger partial charge in [-0.1, -0.05) is 0 Å². The predicted molar refractivity (Wildman–Crippen MR) is 75.4 cm³/mol. The summed E-state index contributed by atoms with van der Waals surface area (Å²) in [7, 11) is 3.71. The highest BCUT2D eigenvalue weighted by Gasteiger charge is 2.27. The van der Waals surface area contributed by atoms with Gasteiger partial charge >= 0.3 is 0 Å². The molecule has 0 amide bonds. The monoisotopic (exact) mass is 283 g/mol. The molecule has 0 aromatic carbocycles. The quantitative estimate of drug-likeness (QED) is 0.786. The van der Waals surface area contributed by atoms with Gasteiger partial charge in [-0.3, -0.25) is 9.80 Å². The Hall–Kier alpha value is -0.950. The molecule has 0 aliphatic carbocycles. The number of hydrogen-bond donors (Lipinski definition) is 1. The Morgan fingerprint density at radius 3 is 3.10 bits per heavy atom. The molecule has 20 heavy (non-hydrogen) atoms. The fourth-order valence-corrected chi connectivity index (χ4v) is 2.70. The zero-order valence-corrected chi connectivity index (χ0v) is 12.6. The minimum absolute atomic E-state index is 0.395. The lowest BCUT2D eigenvalue weighted by atomic mass is 10.2. The lowest BCUT2D eigenvalue weighted by Gasteiger charge is -2.24. The summed E-state index contributed by atoms with van der Waals surface area (Å²) in [5.41, 5.74) is 0. The average Bonchev–Trinajstić information content (AvgIpc) is 2.99. The van der Waals surface area contributed by atoms with Crippen molar-refractivity contribution in [2.75, 3.05) is 40.4 Å². The number of likely N-dealkylation sites (tertiary alicyclic amines) is 1. The van der Waals surface area contributed by atoms with E-state index in [-0.39, 0.29) is 0 Å². The molecule has 1 saturated heterocycles. The van der Waals surface area contributed by atoms with E-state index in [9.17, 15) is 5.11 Å². The van der Waals surface area contributed by atoms with E-state index in [1.165, 1.54) is 0 Å². The average molecular weight is 283 g/mol. The van der Waals surface area contributed by atoms with Gasteiger partial charge in [0, 0.05) is 26.2 Å². The van der Waals surface area contributed by atoms with Crippen molar-refractivity contribution in [3.8, 4) is 0 Å². The molecule has 1 aliphatic rings. The molecular formula is C14H25N3O3. The topological polar surface area (TPSA) is 62.0 Å². The van der Waals surface area contributed by atoms with Crippen molar-refractivity contribution in [3.63, 3.8) is 0 Å². The van der Waals surface area contributed by atoms with Crippen molar-refractivity contribution in [1.82, 2.24) is 14.8 Å². The minimum Gasteiger partial charge on any atom is -0.445 e. The molecule has 1 aromatic rings. The Kier molecular flexibility index (Phi) is 5.54. The number of rotatable bonds is 7. The van der Waals surface area contributed by atoms with Gasteiger partial charge in [0.2, 0.25) is 5.89 Å². The summed E-state index contributed by atoms with van der Waals surface area (Å²) in [5, 5.41) is 9.77. The van der Waals surface area contributed by atoms with Gasteiger partial charge in [-0.15, -0.1) is 0 Å². The first-order valence-electron chi connectivity index (χ1n) is 7.09. The number of oxazole rings is 1. The van der Waals surface area contributed by atoms with Crippen LogP contribution in [0.3, 0.4) is 0 Å². The van der Waals surface area contributed by atoms with Crippen molar-refractivity contribution in [3.05, 3.63) is 17.8 Å². The smallest absolute Gasteiger partial charge is 0.208 e. The molecule has 6 nitrogen and oxygen atoms in total. The number of aryl methyl sites for hydroxylation is 1. The van der Waals surface area contributed by atoms with Crippen molar-refractivity contribution in [1.29, 1.82) is 0 Å². The molecule has 0 bridgehead atoms. The highest BCUT2D eigenvalue weighted by molar-refractivity contribution is 4.92. The second kappa shape index (κ2) is 7.17. The summed E-state index contributed by atoms with van der Waals surface area (Å²) in [5.74, 6) is 1.62. The molecular weight excluding hydrogens is 258 g/mol. The third-order valence-electron chi connectivity index (χ3n) is 3.75. The SMILES string of the molecule is COC[C@@H](O)CN1CC[C@@H](N(C)Cc2ncc(C)o2)C1. The second-order valence-electron chi connectivity index (χ2n) is 5.59. The van der Waals surface area contributed by atoms with Crippen LogP contribution in [0.2, 0.25) is 0 Å². The summed E-state index contributed by atoms with van der Waals surface area (Å²) in [4.78, 5) is 8.80. The largest absolute Gasteiger partial charge is 0.445 e. The number of methoxy groups -OCH3 is 1. The Bertz CT molecular complexity index is 410. The maximum atomic E-state index is 9.77. The minimum atomic E-state index is -0.404. The fourth-order valence-electron chi connectivity index (χ4n) is 2.70. The Morgan fingerprint density at radius 1 is 1.65 bits per heavy atom. The molecule has 0 saturated carbocycles. The third kappa shape index (κ3) is 4.28. The van der Waals surface area contributed by atoms with Gasteiger partial charge in [0.05, 0.1) is 25.5 Å². The lowest BCUT2D eigenvalue weighted by Crippen LogP contribution is -2.37. The zero-order valence-electron chi connectivity index (χ0n) is 12.6. The van der Waals surface area contributed by atoms with E-state index in [4.69, 9.17) is 9.15 Å². The summed E-state index contributed by atoms with van der Waals surface area (Å²) in [6.07, 6.45) is 2.46. The van der Waals surface area contributed by atoms with Gasteiger partial charge in [0.1, 0.15) is 5.76 Å². The molecule has 1 N–H and O–H groups in total. The number of aliphatic hydroxyl groups excluding tert-OH is 1. The van der Waals surface area contributed by atoms with Gasteiger partial charge in [-0.05, 0) is 26.9 Å². The normalized spacial score (nSPS) is 21.8. The second-order valence-corrected chi connectivity index (χ2v) is 5.59. The molecule has 1 fully saturated rings. The highest BCUT2D eigenvalue weighted by Crippen LogP contribution is 2.17. The maximum absolute atomic E-state index is 9.77. The van der Waals surface area contributed by atoms with Crippen LogP contribution >= 0.6 is 0 Å². The molecule has 114 valence electrons. The molecule has 0 radical (unpaired) electrons. The van der Waals surface area contributed by atoms with E-state index in [2.05, 4.69) is 21.8 Å². The molecule has 0 unspecified atom stereocenters. The van der Waals surface area contributed by atoms with Crippen LogP contribution in [-0.4, -0.2) is 72.4 Å². The van der Waals surface area contributed by atoms with Crippen LogP contribution in [0.15, 0.2) is 10.6 Å².